The van der Waals surface area contributed by atoms with E-state index in [1.807, 2.05) is 11.5 Å². The van der Waals surface area contributed by atoms with Crippen LogP contribution in [0.4, 0.5) is 0 Å². The third-order valence-electron chi connectivity index (χ3n) is 3.70. The van der Waals surface area contributed by atoms with Gasteiger partial charge in [0.2, 0.25) is 0 Å². The summed E-state index contributed by atoms with van der Waals surface area (Å²) < 4.78 is 28.8. The predicted octanol–water partition coefficient (Wildman–Crippen LogP) is 0.233. The summed E-state index contributed by atoms with van der Waals surface area (Å²) in [7, 11) is -3.40. The third kappa shape index (κ3) is 2.40. The van der Waals surface area contributed by atoms with Crippen molar-refractivity contribution in [1.82, 2.24) is 19.2 Å². The Bertz CT molecular complexity index is 557. The lowest BCUT2D eigenvalue weighted by atomic mass is 10.3. The van der Waals surface area contributed by atoms with Gasteiger partial charge in [0.15, 0.2) is 5.03 Å². The van der Waals surface area contributed by atoms with Crippen molar-refractivity contribution in [3.63, 3.8) is 0 Å². The average Bonchev–Trinajstić information content (AvgIpc) is 2.90. The normalized spacial score (nSPS) is 23.9. The van der Waals surface area contributed by atoms with Crippen LogP contribution < -0.4 is 5.32 Å². The molecule has 2 aliphatic heterocycles. The fourth-order valence-electron chi connectivity index (χ4n) is 2.74. The number of fused-ring (bicyclic) bond motifs is 1. The zero-order chi connectivity index (χ0) is 12.8. The molecule has 0 amide bonds. The molecule has 6 nitrogen and oxygen atoms in total. The molecule has 0 aliphatic carbocycles. The zero-order valence-corrected chi connectivity index (χ0v) is 12.5. The standard InChI is InChI=1S/C11H18N4O2S.ClH/c1-9-7-12-4-6-15(9)18(16,17)11-8-13-10-3-2-5-14(10)11;/h8-9,12H,2-7H2,1H3;1H/t9-;/m1./s1. The number of imidazole rings is 1. The lowest BCUT2D eigenvalue weighted by Gasteiger charge is -2.32. The first-order valence-corrected chi connectivity index (χ1v) is 7.81. The van der Waals surface area contributed by atoms with Gasteiger partial charge in [-0.05, 0) is 13.3 Å². The van der Waals surface area contributed by atoms with Crippen molar-refractivity contribution in [2.24, 2.45) is 0 Å². The molecule has 1 aromatic rings. The maximum absolute atomic E-state index is 12.7. The molecule has 0 radical (unpaired) electrons. The summed E-state index contributed by atoms with van der Waals surface area (Å²) in [5.74, 6) is 0.899. The van der Waals surface area contributed by atoms with E-state index in [9.17, 15) is 8.42 Å². The summed E-state index contributed by atoms with van der Waals surface area (Å²) in [6, 6.07) is -0.00342. The molecule has 0 unspecified atom stereocenters. The lowest BCUT2D eigenvalue weighted by Crippen LogP contribution is -2.52. The van der Waals surface area contributed by atoms with E-state index in [1.165, 1.54) is 6.20 Å². The van der Waals surface area contributed by atoms with Gasteiger partial charge in [-0.15, -0.1) is 12.4 Å². The van der Waals surface area contributed by atoms with Crippen LogP contribution >= 0.6 is 12.4 Å². The van der Waals surface area contributed by atoms with Crippen molar-refractivity contribution in [3.8, 4) is 0 Å². The highest BCUT2D eigenvalue weighted by atomic mass is 35.5. The summed E-state index contributed by atoms with van der Waals surface area (Å²) in [4.78, 5) is 4.22. The van der Waals surface area contributed by atoms with Gasteiger partial charge in [-0.3, -0.25) is 0 Å². The molecule has 0 spiro atoms. The smallest absolute Gasteiger partial charge is 0.260 e. The molecular weight excluding hydrogens is 288 g/mol. The Morgan fingerprint density at radius 2 is 2.21 bits per heavy atom. The van der Waals surface area contributed by atoms with Crippen LogP contribution in [-0.2, 0) is 23.0 Å². The number of rotatable bonds is 2. The Kier molecular flexibility index (Phi) is 4.20. The topological polar surface area (TPSA) is 67.2 Å². The molecule has 1 saturated heterocycles. The molecule has 1 atom stereocenters. The van der Waals surface area contributed by atoms with Gasteiger partial charge in [-0.1, -0.05) is 0 Å². The molecule has 1 aromatic heterocycles. The minimum atomic E-state index is -3.40. The summed E-state index contributed by atoms with van der Waals surface area (Å²) in [5.41, 5.74) is 0. The summed E-state index contributed by atoms with van der Waals surface area (Å²) in [5, 5.41) is 3.57. The van der Waals surface area contributed by atoms with Crippen LogP contribution in [0.2, 0.25) is 0 Å². The Morgan fingerprint density at radius 3 is 2.95 bits per heavy atom. The fourth-order valence-corrected chi connectivity index (χ4v) is 4.52. The van der Waals surface area contributed by atoms with E-state index in [1.54, 1.807) is 4.31 Å². The second-order valence-electron chi connectivity index (χ2n) is 4.94. The van der Waals surface area contributed by atoms with Crippen LogP contribution in [0.25, 0.3) is 0 Å². The quantitative estimate of drug-likeness (QED) is 0.849. The zero-order valence-electron chi connectivity index (χ0n) is 10.9. The summed E-state index contributed by atoms with van der Waals surface area (Å²) in [6.07, 6.45) is 3.38. The van der Waals surface area contributed by atoms with Gasteiger partial charge < -0.3 is 9.88 Å². The van der Waals surface area contributed by atoms with Crippen molar-refractivity contribution >= 4 is 22.4 Å². The SMILES string of the molecule is C[C@@H]1CNCCN1S(=O)(=O)c1cnc2n1CCC2.Cl. The molecule has 8 heteroatoms. The minimum absolute atomic E-state index is 0. The number of sulfonamides is 1. The van der Waals surface area contributed by atoms with Crippen LogP contribution in [0, 0.1) is 0 Å². The first kappa shape index (κ1) is 14.8. The largest absolute Gasteiger partial charge is 0.318 e. The number of hydrogen-bond acceptors (Lipinski definition) is 4. The van der Waals surface area contributed by atoms with Gasteiger partial charge >= 0.3 is 0 Å². The van der Waals surface area contributed by atoms with Gasteiger partial charge in [-0.2, -0.15) is 4.31 Å². The molecule has 19 heavy (non-hydrogen) atoms. The van der Waals surface area contributed by atoms with Gasteiger partial charge in [0.1, 0.15) is 5.82 Å². The molecule has 0 bridgehead atoms. The first-order valence-electron chi connectivity index (χ1n) is 6.37. The number of aromatic nitrogens is 2. The van der Waals surface area contributed by atoms with E-state index in [2.05, 4.69) is 10.3 Å². The van der Waals surface area contributed by atoms with Gasteiger partial charge in [0.25, 0.3) is 10.0 Å². The number of nitrogens with one attached hydrogen (secondary N) is 1. The molecular formula is C11H19ClN4O2S. The van der Waals surface area contributed by atoms with Gasteiger partial charge in [0.05, 0.1) is 6.20 Å². The maximum Gasteiger partial charge on any atom is 0.260 e. The Hall–Kier alpha value is -0.630. The van der Waals surface area contributed by atoms with Crippen molar-refractivity contribution in [2.75, 3.05) is 19.6 Å². The van der Waals surface area contributed by atoms with Gasteiger partial charge in [0, 0.05) is 38.6 Å². The van der Waals surface area contributed by atoms with Crippen LogP contribution in [0.1, 0.15) is 19.2 Å². The number of aryl methyl sites for hydroxylation is 1. The average molecular weight is 307 g/mol. The highest BCUT2D eigenvalue weighted by Crippen LogP contribution is 2.24. The maximum atomic E-state index is 12.7. The second-order valence-corrected chi connectivity index (χ2v) is 6.77. The van der Waals surface area contributed by atoms with Crippen LogP contribution in [0.3, 0.4) is 0 Å². The van der Waals surface area contributed by atoms with Crippen molar-refractivity contribution in [3.05, 3.63) is 12.0 Å². The Morgan fingerprint density at radius 1 is 1.42 bits per heavy atom. The van der Waals surface area contributed by atoms with Crippen molar-refractivity contribution < 1.29 is 8.42 Å². The number of nitrogens with zero attached hydrogens (tertiary/aromatic N) is 3. The van der Waals surface area contributed by atoms with Crippen LogP contribution in [-0.4, -0.2) is 48.0 Å². The van der Waals surface area contributed by atoms with E-state index >= 15 is 0 Å². The minimum Gasteiger partial charge on any atom is -0.318 e. The molecule has 108 valence electrons. The monoisotopic (exact) mass is 306 g/mol. The molecule has 3 heterocycles. The molecule has 3 rings (SSSR count). The number of halogens is 1. The van der Waals surface area contributed by atoms with Crippen molar-refractivity contribution in [1.29, 1.82) is 0 Å². The second kappa shape index (κ2) is 5.40. The lowest BCUT2D eigenvalue weighted by molar-refractivity contribution is 0.282. The molecule has 1 N–H and O–H groups in total. The highest BCUT2D eigenvalue weighted by Gasteiger charge is 2.34. The van der Waals surface area contributed by atoms with Crippen LogP contribution in [0.5, 0.6) is 0 Å². The summed E-state index contributed by atoms with van der Waals surface area (Å²) >= 11 is 0. The third-order valence-corrected chi connectivity index (χ3v) is 5.71. The Balaban J connectivity index is 0.00000133. The van der Waals surface area contributed by atoms with Crippen LogP contribution in [0.15, 0.2) is 11.2 Å². The first-order chi connectivity index (χ1) is 8.60. The molecule has 1 fully saturated rings. The van der Waals surface area contributed by atoms with E-state index in [0.29, 0.717) is 24.7 Å². The van der Waals surface area contributed by atoms with E-state index in [-0.39, 0.29) is 18.4 Å². The molecule has 0 saturated carbocycles. The highest BCUT2D eigenvalue weighted by molar-refractivity contribution is 7.89. The van der Waals surface area contributed by atoms with Crippen molar-refractivity contribution in [2.45, 2.75) is 37.4 Å². The number of hydrogen-bond donors (Lipinski definition) is 1. The van der Waals surface area contributed by atoms with E-state index in [4.69, 9.17) is 0 Å². The summed E-state index contributed by atoms with van der Waals surface area (Å²) in [6.45, 7) is 4.66. The van der Waals surface area contributed by atoms with E-state index < -0.39 is 10.0 Å². The molecule has 0 aromatic carbocycles. The predicted molar refractivity (Wildman–Crippen MR) is 74.0 cm³/mol. The fraction of sp³-hybridized carbons (Fsp3) is 0.727. The number of piperazine rings is 1. The Labute approximate surface area is 119 Å². The van der Waals surface area contributed by atoms with Gasteiger partial charge in [-0.25, -0.2) is 13.4 Å². The molecule has 2 aliphatic rings. The van der Waals surface area contributed by atoms with E-state index in [0.717, 1.165) is 25.2 Å².